The van der Waals surface area contributed by atoms with Crippen LogP contribution in [0.4, 0.5) is 0 Å². The second-order valence-corrected chi connectivity index (χ2v) is 4.35. The number of hydrogen-bond donors (Lipinski definition) is 1. The van der Waals surface area contributed by atoms with E-state index in [9.17, 15) is 4.79 Å². The maximum Gasteiger partial charge on any atom is 0.325 e. The van der Waals surface area contributed by atoms with Gasteiger partial charge in [-0.1, -0.05) is 32.1 Å². The van der Waals surface area contributed by atoms with Crippen LogP contribution in [0.3, 0.4) is 0 Å². The molecule has 1 saturated carbocycles. The first-order valence-electron chi connectivity index (χ1n) is 5.72. The van der Waals surface area contributed by atoms with Crippen molar-refractivity contribution in [2.45, 2.75) is 45.1 Å². The van der Waals surface area contributed by atoms with Gasteiger partial charge in [0.05, 0.1) is 0 Å². The van der Waals surface area contributed by atoms with Crippen molar-refractivity contribution in [3.05, 3.63) is 5.82 Å². The summed E-state index contributed by atoms with van der Waals surface area (Å²) in [5.41, 5.74) is 0. The summed E-state index contributed by atoms with van der Waals surface area (Å²) in [5, 5.41) is 19.8. The first-order chi connectivity index (χ1) is 7.75. The van der Waals surface area contributed by atoms with Gasteiger partial charge >= 0.3 is 5.97 Å². The Labute approximate surface area is 93.6 Å². The van der Waals surface area contributed by atoms with E-state index in [0.717, 1.165) is 6.42 Å². The highest BCUT2D eigenvalue weighted by Gasteiger charge is 2.18. The molecule has 0 saturated heterocycles. The number of aliphatic carboxylic acids is 1. The summed E-state index contributed by atoms with van der Waals surface area (Å²) in [6.45, 7) is -0.144. The summed E-state index contributed by atoms with van der Waals surface area (Å²) in [5.74, 6) is 0.416. The number of tetrazole rings is 1. The minimum Gasteiger partial charge on any atom is -0.480 e. The third-order valence-electron chi connectivity index (χ3n) is 3.09. The summed E-state index contributed by atoms with van der Waals surface area (Å²) >= 11 is 0. The van der Waals surface area contributed by atoms with Crippen LogP contribution in [0.25, 0.3) is 0 Å². The molecule has 0 amide bonds. The zero-order valence-electron chi connectivity index (χ0n) is 9.17. The van der Waals surface area contributed by atoms with Crippen LogP contribution < -0.4 is 0 Å². The summed E-state index contributed by atoms with van der Waals surface area (Å²) in [7, 11) is 0. The van der Waals surface area contributed by atoms with E-state index < -0.39 is 5.97 Å². The van der Waals surface area contributed by atoms with Gasteiger partial charge in [0, 0.05) is 6.42 Å². The van der Waals surface area contributed by atoms with Crippen LogP contribution in [0.5, 0.6) is 0 Å². The lowest BCUT2D eigenvalue weighted by Crippen LogP contribution is -2.17. The predicted octanol–water partition coefficient (Wildman–Crippen LogP) is 0.880. The van der Waals surface area contributed by atoms with Crippen LogP contribution in [0.2, 0.25) is 0 Å². The molecule has 1 N–H and O–H groups in total. The van der Waals surface area contributed by atoms with Crippen LogP contribution in [0, 0.1) is 5.92 Å². The monoisotopic (exact) mass is 224 g/mol. The molecule has 1 fully saturated rings. The summed E-state index contributed by atoms with van der Waals surface area (Å²) in [4.78, 5) is 10.6. The van der Waals surface area contributed by atoms with E-state index in [1.165, 1.54) is 36.8 Å². The fraction of sp³-hybridized carbons (Fsp3) is 0.800. The standard InChI is InChI=1S/C10H16N4O2/c15-10(16)7-14-9(11-12-13-14)6-8-4-2-1-3-5-8/h8H,1-7H2,(H,15,16). The second kappa shape index (κ2) is 5.05. The molecule has 1 aliphatic rings. The molecule has 2 rings (SSSR count). The van der Waals surface area contributed by atoms with Gasteiger partial charge in [-0.25, -0.2) is 4.68 Å². The SMILES string of the molecule is O=C(O)Cn1nnnc1CC1CCCCC1. The Kier molecular flexibility index (Phi) is 3.48. The normalized spacial score (nSPS) is 17.5. The Morgan fingerprint density at radius 1 is 1.38 bits per heavy atom. The maximum atomic E-state index is 10.6. The van der Waals surface area contributed by atoms with E-state index in [1.54, 1.807) is 0 Å². The summed E-state index contributed by atoms with van der Waals surface area (Å²) in [6, 6.07) is 0. The van der Waals surface area contributed by atoms with Crippen molar-refractivity contribution in [3.8, 4) is 0 Å². The Morgan fingerprint density at radius 2 is 2.12 bits per heavy atom. The van der Waals surface area contributed by atoms with Gasteiger partial charge in [-0.15, -0.1) is 5.10 Å². The minimum atomic E-state index is -0.905. The van der Waals surface area contributed by atoms with Gasteiger partial charge in [-0.05, 0) is 16.3 Å². The van der Waals surface area contributed by atoms with Gasteiger partial charge in [0.1, 0.15) is 6.54 Å². The zero-order chi connectivity index (χ0) is 11.4. The molecule has 16 heavy (non-hydrogen) atoms. The van der Waals surface area contributed by atoms with Gasteiger partial charge in [-0.2, -0.15) is 0 Å². The Balaban J connectivity index is 1.97. The molecular weight excluding hydrogens is 208 g/mol. The van der Waals surface area contributed by atoms with E-state index in [1.807, 2.05) is 0 Å². The molecule has 1 aromatic heterocycles. The smallest absolute Gasteiger partial charge is 0.325 e. The molecule has 0 atom stereocenters. The molecule has 0 radical (unpaired) electrons. The Morgan fingerprint density at radius 3 is 2.81 bits per heavy atom. The lowest BCUT2D eigenvalue weighted by Gasteiger charge is -2.20. The quantitative estimate of drug-likeness (QED) is 0.821. The highest BCUT2D eigenvalue weighted by atomic mass is 16.4. The highest BCUT2D eigenvalue weighted by Crippen LogP contribution is 2.25. The van der Waals surface area contributed by atoms with Crippen LogP contribution in [0.15, 0.2) is 0 Å². The third-order valence-corrected chi connectivity index (χ3v) is 3.09. The zero-order valence-corrected chi connectivity index (χ0v) is 9.17. The summed E-state index contributed by atoms with van der Waals surface area (Å²) < 4.78 is 1.39. The van der Waals surface area contributed by atoms with Crippen LogP contribution in [-0.2, 0) is 17.8 Å². The number of carboxylic acid groups (broad SMARTS) is 1. The lowest BCUT2D eigenvalue weighted by molar-refractivity contribution is -0.138. The van der Waals surface area contributed by atoms with Crippen molar-refractivity contribution in [2.75, 3.05) is 0 Å². The molecule has 0 aromatic carbocycles. The van der Waals surface area contributed by atoms with Crippen molar-refractivity contribution < 1.29 is 9.90 Å². The molecule has 0 unspecified atom stereocenters. The molecule has 88 valence electrons. The predicted molar refractivity (Wildman–Crippen MR) is 55.7 cm³/mol. The molecule has 1 aromatic rings. The van der Waals surface area contributed by atoms with E-state index in [2.05, 4.69) is 15.5 Å². The van der Waals surface area contributed by atoms with Crippen molar-refractivity contribution in [2.24, 2.45) is 5.92 Å². The number of hydrogen-bond acceptors (Lipinski definition) is 4. The van der Waals surface area contributed by atoms with Crippen LogP contribution in [0.1, 0.15) is 37.9 Å². The number of rotatable bonds is 4. The fourth-order valence-electron chi connectivity index (χ4n) is 2.27. The first kappa shape index (κ1) is 11.0. The fourth-order valence-corrected chi connectivity index (χ4v) is 2.27. The molecule has 0 bridgehead atoms. The minimum absolute atomic E-state index is 0.144. The molecule has 1 heterocycles. The Hall–Kier alpha value is -1.46. The van der Waals surface area contributed by atoms with E-state index in [-0.39, 0.29) is 6.54 Å². The number of nitrogens with zero attached hydrogens (tertiary/aromatic N) is 4. The van der Waals surface area contributed by atoms with Gasteiger partial charge in [0.25, 0.3) is 0 Å². The van der Waals surface area contributed by atoms with E-state index in [0.29, 0.717) is 11.7 Å². The maximum absolute atomic E-state index is 10.6. The number of aromatic nitrogens is 4. The third kappa shape index (κ3) is 2.77. The average molecular weight is 224 g/mol. The van der Waals surface area contributed by atoms with Crippen molar-refractivity contribution in [3.63, 3.8) is 0 Å². The molecule has 6 nitrogen and oxygen atoms in total. The molecular formula is C10H16N4O2. The lowest BCUT2D eigenvalue weighted by atomic mass is 9.87. The first-order valence-corrected chi connectivity index (χ1v) is 5.72. The highest BCUT2D eigenvalue weighted by molar-refractivity contribution is 5.66. The molecule has 1 aliphatic carbocycles. The molecule has 6 heteroatoms. The van der Waals surface area contributed by atoms with Gasteiger partial charge < -0.3 is 5.11 Å². The van der Waals surface area contributed by atoms with Gasteiger partial charge in [-0.3, -0.25) is 4.79 Å². The van der Waals surface area contributed by atoms with Gasteiger partial charge in [0.15, 0.2) is 5.82 Å². The second-order valence-electron chi connectivity index (χ2n) is 4.35. The number of carbonyl (C=O) groups is 1. The molecule has 0 aliphatic heterocycles. The van der Waals surface area contributed by atoms with E-state index in [4.69, 9.17) is 5.11 Å². The number of carboxylic acids is 1. The largest absolute Gasteiger partial charge is 0.480 e. The van der Waals surface area contributed by atoms with Gasteiger partial charge in [0.2, 0.25) is 0 Å². The van der Waals surface area contributed by atoms with E-state index >= 15 is 0 Å². The topological polar surface area (TPSA) is 80.9 Å². The van der Waals surface area contributed by atoms with Crippen molar-refractivity contribution in [1.82, 2.24) is 20.2 Å². The van der Waals surface area contributed by atoms with Crippen LogP contribution >= 0.6 is 0 Å². The van der Waals surface area contributed by atoms with Crippen molar-refractivity contribution >= 4 is 5.97 Å². The van der Waals surface area contributed by atoms with Crippen LogP contribution in [-0.4, -0.2) is 31.3 Å². The average Bonchev–Trinajstić information content (AvgIpc) is 2.66. The summed E-state index contributed by atoms with van der Waals surface area (Å²) in [6.07, 6.45) is 7.08. The van der Waals surface area contributed by atoms with Crippen molar-refractivity contribution in [1.29, 1.82) is 0 Å². The Bertz CT molecular complexity index is 357. The molecule has 0 spiro atoms.